The quantitative estimate of drug-likeness (QED) is 0.899. The van der Waals surface area contributed by atoms with E-state index in [4.69, 9.17) is 4.52 Å². The maximum absolute atomic E-state index is 5.33. The Labute approximate surface area is 124 Å². The summed E-state index contributed by atoms with van der Waals surface area (Å²) in [5.74, 6) is 1.41. The summed E-state index contributed by atoms with van der Waals surface area (Å²) >= 11 is 0. The molecule has 6 heteroatoms. The van der Waals surface area contributed by atoms with Crippen LogP contribution in [0.25, 0.3) is 0 Å². The molecule has 6 nitrogen and oxygen atoms in total. The van der Waals surface area contributed by atoms with Crippen LogP contribution in [0.5, 0.6) is 0 Å². The van der Waals surface area contributed by atoms with E-state index in [1.54, 1.807) is 0 Å². The van der Waals surface area contributed by atoms with Crippen molar-refractivity contribution >= 4 is 11.6 Å². The Bertz CT molecular complexity index is 548. The van der Waals surface area contributed by atoms with Gasteiger partial charge in [0.1, 0.15) is 0 Å². The molecule has 0 saturated carbocycles. The maximum atomic E-state index is 5.33. The average molecular weight is 287 g/mol. The van der Waals surface area contributed by atoms with E-state index in [-0.39, 0.29) is 0 Å². The molecule has 0 bridgehead atoms. The number of nitrogens with one attached hydrogen (secondary N) is 1. The van der Waals surface area contributed by atoms with Crippen LogP contribution in [0.3, 0.4) is 0 Å². The second kappa shape index (κ2) is 6.58. The molecule has 112 valence electrons. The summed E-state index contributed by atoms with van der Waals surface area (Å²) in [6.07, 6.45) is 0.732. The zero-order valence-electron chi connectivity index (χ0n) is 12.3. The van der Waals surface area contributed by atoms with Gasteiger partial charge in [-0.15, -0.1) is 0 Å². The number of likely N-dealkylation sites (N-methyl/N-ethyl adjacent to an activating group) is 1. The predicted octanol–water partition coefficient (Wildman–Crippen LogP) is 1.48. The number of anilines is 2. The molecular weight excluding hydrogens is 266 g/mol. The van der Waals surface area contributed by atoms with Crippen molar-refractivity contribution in [1.82, 2.24) is 15.0 Å². The van der Waals surface area contributed by atoms with Crippen LogP contribution in [-0.2, 0) is 6.42 Å². The summed E-state index contributed by atoms with van der Waals surface area (Å²) in [6, 6.07) is 10.1. The average Bonchev–Trinajstić information content (AvgIpc) is 2.98. The van der Waals surface area contributed by atoms with Gasteiger partial charge < -0.3 is 19.6 Å². The third kappa shape index (κ3) is 3.72. The molecule has 1 aromatic carbocycles. The van der Waals surface area contributed by atoms with Crippen LogP contribution in [0, 0.1) is 0 Å². The molecule has 0 atom stereocenters. The minimum absolute atomic E-state index is 0.687. The summed E-state index contributed by atoms with van der Waals surface area (Å²) < 4.78 is 5.33. The van der Waals surface area contributed by atoms with E-state index in [9.17, 15) is 0 Å². The Morgan fingerprint density at radius 1 is 1.14 bits per heavy atom. The fourth-order valence-corrected chi connectivity index (χ4v) is 2.35. The van der Waals surface area contributed by atoms with Crippen molar-refractivity contribution in [3.63, 3.8) is 0 Å². The molecule has 1 aromatic heterocycles. The Hall–Kier alpha value is -2.08. The number of nitrogens with zero attached hydrogens (tertiary/aromatic N) is 4. The Balaban J connectivity index is 1.49. The first-order valence-corrected chi connectivity index (χ1v) is 7.36. The van der Waals surface area contributed by atoms with Crippen LogP contribution < -0.4 is 10.2 Å². The van der Waals surface area contributed by atoms with E-state index in [1.807, 2.05) is 30.3 Å². The number of benzene rings is 1. The normalized spacial score (nSPS) is 16.1. The number of aromatic nitrogens is 2. The summed E-state index contributed by atoms with van der Waals surface area (Å²) in [6.45, 7) is 4.78. The number of para-hydroxylation sites is 1. The lowest BCUT2D eigenvalue weighted by molar-refractivity contribution is 0.308. The Morgan fingerprint density at radius 3 is 2.67 bits per heavy atom. The lowest BCUT2D eigenvalue weighted by Crippen LogP contribution is -2.44. The SMILES string of the molecule is CN1CCN(c2noc(CCNc3ccccc3)n2)CC1. The van der Waals surface area contributed by atoms with Crippen molar-refractivity contribution in [3.8, 4) is 0 Å². The van der Waals surface area contributed by atoms with Gasteiger partial charge in [0.15, 0.2) is 0 Å². The molecule has 1 aliphatic heterocycles. The molecule has 3 rings (SSSR count). The van der Waals surface area contributed by atoms with E-state index in [0.717, 1.165) is 50.8 Å². The first-order chi connectivity index (χ1) is 10.3. The molecule has 0 aliphatic carbocycles. The highest BCUT2D eigenvalue weighted by Gasteiger charge is 2.18. The topological polar surface area (TPSA) is 57.4 Å². The molecule has 21 heavy (non-hydrogen) atoms. The largest absolute Gasteiger partial charge is 0.385 e. The smallest absolute Gasteiger partial charge is 0.266 e. The number of hydrogen-bond donors (Lipinski definition) is 1. The van der Waals surface area contributed by atoms with E-state index in [0.29, 0.717) is 5.89 Å². The van der Waals surface area contributed by atoms with Gasteiger partial charge in [0.2, 0.25) is 5.89 Å². The van der Waals surface area contributed by atoms with Gasteiger partial charge in [-0.05, 0) is 24.3 Å². The van der Waals surface area contributed by atoms with E-state index < -0.39 is 0 Å². The molecule has 0 unspecified atom stereocenters. The third-order valence-electron chi connectivity index (χ3n) is 3.69. The van der Waals surface area contributed by atoms with Crippen molar-refractivity contribution in [2.75, 3.05) is 50.0 Å². The van der Waals surface area contributed by atoms with Gasteiger partial charge in [-0.25, -0.2) is 0 Å². The number of rotatable bonds is 5. The van der Waals surface area contributed by atoms with E-state index >= 15 is 0 Å². The van der Waals surface area contributed by atoms with Crippen molar-refractivity contribution in [3.05, 3.63) is 36.2 Å². The highest BCUT2D eigenvalue weighted by molar-refractivity contribution is 5.42. The molecule has 2 aromatic rings. The molecule has 0 spiro atoms. The summed E-state index contributed by atoms with van der Waals surface area (Å²) in [5, 5.41) is 7.42. The van der Waals surface area contributed by atoms with Crippen molar-refractivity contribution in [1.29, 1.82) is 0 Å². The second-order valence-electron chi connectivity index (χ2n) is 5.32. The van der Waals surface area contributed by atoms with Crippen LogP contribution in [0.4, 0.5) is 11.6 Å². The maximum Gasteiger partial charge on any atom is 0.266 e. The minimum Gasteiger partial charge on any atom is -0.385 e. The van der Waals surface area contributed by atoms with Crippen LogP contribution in [0.2, 0.25) is 0 Å². The monoisotopic (exact) mass is 287 g/mol. The standard InChI is InChI=1S/C15H21N5O/c1-19-9-11-20(12-10-19)15-17-14(21-18-15)7-8-16-13-5-3-2-4-6-13/h2-6,16H,7-12H2,1H3. The number of hydrogen-bond acceptors (Lipinski definition) is 6. The zero-order chi connectivity index (χ0) is 14.5. The highest BCUT2D eigenvalue weighted by atomic mass is 16.5. The van der Waals surface area contributed by atoms with E-state index in [2.05, 4.69) is 32.3 Å². The fraction of sp³-hybridized carbons (Fsp3) is 0.467. The van der Waals surface area contributed by atoms with Gasteiger partial charge in [0.05, 0.1) is 0 Å². The summed E-state index contributed by atoms with van der Waals surface area (Å²) in [4.78, 5) is 8.96. The molecule has 1 saturated heterocycles. The minimum atomic E-state index is 0.687. The molecule has 1 fully saturated rings. The van der Waals surface area contributed by atoms with Gasteiger partial charge in [-0.3, -0.25) is 0 Å². The van der Waals surface area contributed by atoms with Gasteiger partial charge in [0.25, 0.3) is 5.95 Å². The first kappa shape index (κ1) is 13.9. The van der Waals surface area contributed by atoms with Crippen LogP contribution in [0.1, 0.15) is 5.89 Å². The predicted molar refractivity (Wildman–Crippen MR) is 82.6 cm³/mol. The lowest BCUT2D eigenvalue weighted by Gasteiger charge is -2.31. The second-order valence-corrected chi connectivity index (χ2v) is 5.32. The molecule has 2 heterocycles. The van der Waals surface area contributed by atoms with Gasteiger partial charge in [-0.2, -0.15) is 4.98 Å². The summed E-state index contributed by atoms with van der Waals surface area (Å²) in [7, 11) is 2.13. The Kier molecular flexibility index (Phi) is 4.35. The van der Waals surface area contributed by atoms with Crippen molar-refractivity contribution in [2.45, 2.75) is 6.42 Å². The van der Waals surface area contributed by atoms with Crippen LogP contribution in [-0.4, -0.2) is 54.8 Å². The molecule has 0 amide bonds. The molecular formula is C15H21N5O. The lowest BCUT2D eigenvalue weighted by atomic mass is 10.3. The van der Waals surface area contributed by atoms with Crippen molar-refractivity contribution < 1.29 is 4.52 Å². The van der Waals surface area contributed by atoms with Crippen LogP contribution >= 0.6 is 0 Å². The van der Waals surface area contributed by atoms with Gasteiger partial charge in [0, 0.05) is 44.8 Å². The number of piperazine rings is 1. The highest BCUT2D eigenvalue weighted by Crippen LogP contribution is 2.12. The zero-order valence-corrected chi connectivity index (χ0v) is 12.3. The summed E-state index contributed by atoms with van der Waals surface area (Å²) in [5.41, 5.74) is 1.11. The fourth-order valence-electron chi connectivity index (χ4n) is 2.35. The molecule has 1 aliphatic rings. The van der Waals surface area contributed by atoms with Crippen LogP contribution in [0.15, 0.2) is 34.9 Å². The molecule has 1 N–H and O–H groups in total. The van der Waals surface area contributed by atoms with Gasteiger partial charge >= 0.3 is 0 Å². The van der Waals surface area contributed by atoms with Gasteiger partial charge in [-0.1, -0.05) is 18.2 Å². The first-order valence-electron chi connectivity index (χ1n) is 7.36. The van der Waals surface area contributed by atoms with E-state index in [1.165, 1.54) is 0 Å². The van der Waals surface area contributed by atoms with Crippen molar-refractivity contribution in [2.24, 2.45) is 0 Å². The Morgan fingerprint density at radius 2 is 1.90 bits per heavy atom. The molecule has 0 radical (unpaired) electrons. The third-order valence-corrected chi connectivity index (χ3v) is 3.69.